The van der Waals surface area contributed by atoms with Crippen LogP contribution in [0.5, 0.6) is 0 Å². The average Bonchev–Trinajstić information content (AvgIpc) is 2.83. The van der Waals surface area contributed by atoms with Crippen molar-refractivity contribution in [3.63, 3.8) is 0 Å². The van der Waals surface area contributed by atoms with E-state index in [1.54, 1.807) is 0 Å². The van der Waals surface area contributed by atoms with Crippen LogP contribution in [0.4, 0.5) is 0 Å². The minimum Gasteiger partial charge on any atom is -0.0622 e. The molecule has 0 amide bonds. The van der Waals surface area contributed by atoms with Crippen molar-refractivity contribution in [3.05, 3.63) is 71.3 Å². The molecule has 17 heavy (non-hydrogen) atoms. The molecule has 84 valence electrons. The summed E-state index contributed by atoms with van der Waals surface area (Å²) in [6, 6.07) is 19.5. The maximum absolute atomic E-state index is 2.25. The van der Waals surface area contributed by atoms with Crippen molar-refractivity contribution in [2.24, 2.45) is 0 Å². The fourth-order valence-electron chi connectivity index (χ4n) is 2.68. The first kappa shape index (κ1) is 10.3. The van der Waals surface area contributed by atoms with Crippen molar-refractivity contribution in [2.75, 3.05) is 0 Å². The van der Waals surface area contributed by atoms with Crippen molar-refractivity contribution in [3.8, 4) is 0 Å². The first-order valence-corrected chi connectivity index (χ1v) is 6.20. The lowest BCUT2D eigenvalue weighted by Crippen LogP contribution is -1.85. The zero-order valence-electron chi connectivity index (χ0n) is 10.1. The zero-order chi connectivity index (χ0) is 11.7. The molecule has 0 saturated heterocycles. The van der Waals surface area contributed by atoms with Gasteiger partial charge in [0.1, 0.15) is 0 Å². The molecule has 2 aromatic carbocycles. The van der Waals surface area contributed by atoms with Crippen LogP contribution in [0.2, 0.25) is 0 Å². The molecule has 0 radical (unpaired) electrons. The van der Waals surface area contributed by atoms with Crippen LogP contribution in [-0.2, 0) is 6.42 Å². The van der Waals surface area contributed by atoms with Crippen LogP contribution in [0.25, 0.3) is 11.1 Å². The Labute approximate surface area is 103 Å². The van der Waals surface area contributed by atoms with Crippen molar-refractivity contribution in [2.45, 2.75) is 19.8 Å². The number of hydrogen-bond donors (Lipinski definition) is 0. The lowest BCUT2D eigenvalue weighted by atomic mass is 9.97. The van der Waals surface area contributed by atoms with Gasteiger partial charge in [-0.25, -0.2) is 0 Å². The summed E-state index contributed by atoms with van der Waals surface area (Å²) in [5, 5.41) is 0. The molecule has 0 bridgehead atoms. The molecule has 3 rings (SSSR count). The highest BCUT2D eigenvalue weighted by Crippen LogP contribution is 2.37. The van der Waals surface area contributed by atoms with Gasteiger partial charge in [-0.3, -0.25) is 0 Å². The molecule has 0 N–H and O–H groups in total. The summed E-state index contributed by atoms with van der Waals surface area (Å²) in [5.41, 5.74) is 7.24. The molecular formula is C17H16. The first-order valence-electron chi connectivity index (χ1n) is 6.20. The lowest BCUT2D eigenvalue weighted by molar-refractivity contribution is 1.08. The fraction of sp³-hybridized carbons (Fsp3) is 0.176. The molecule has 1 aliphatic rings. The monoisotopic (exact) mass is 220 g/mol. The van der Waals surface area contributed by atoms with E-state index >= 15 is 0 Å². The summed E-state index contributed by atoms with van der Waals surface area (Å²) < 4.78 is 0. The van der Waals surface area contributed by atoms with Gasteiger partial charge in [0.2, 0.25) is 0 Å². The minimum absolute atomic E-state index is 1.18. The van der Waals surface area contributed by atoms with Gasteiger partial charge in [0, 0.05) is 0 Å². The van der Waals surface area contributed by atoms with E-state index in [-0.39, 0.29) is 0 Å². The lowest BCUT2D eigenvalue weighted by Gasteiger charge is -2.08. The quantitative estimate of drug-likeness (QED) is 0.660. The fourth-order valence-corrected chi connectivity index (χ4v) is 2.68. The Morgan fingerprint density at radius 3 is 2.35 bits per heavy atom. The second-order valence-electron chi connectivity index (χ2n) is 4.63. The van der Waals surface area contributed by atoms with Crippen molar-refractivity contribution < 1.29 is 0 Å². The smallest absolute Gasteiger partial charge is 0.0189 e. The molecule has 0 atom stereocenters. The van der Waals surface area contributed by atoms with Gasteiger partial charge in [-0.15, -0.1) is 0 Å². The SMILES string of the molecule is C/C(=C1\CCc2ccccc21)c1ccccc1. The third kappa shape index (κ3) is 1.80. The van der Waals surface area contributed by atoms with E-state index in [2.05, 4.69) is 61.5 Å². The topological polar surface area (TPSA) is 0 Å². The minimum atomic E-state index is 1.18. The first-order chi connectivity index (χ1) is 8.36. The van der Waals surface area contributed by atoms with Crippen LogP contribution >= 0.6 is 0 Å². The highest BCUT2D eigenvalue weighted by atomic mass is 14.2. The molecular weight excluding hydrogens is 204 g/mol. The Hall–Kier alpha value is -1.82. The van der Waals surface area contributed by atoms with Gasteiger partial charge >= 0.3 is 0 Å². The molecule has 0 aliphatic heterocycles. The predicted molar refractivity (Wildman–Crippen MR) is 73.7 cm³/mol. The molecule has 0 heteroatoms. The molecule has 0 aromatic heterocycles. The number of fused-ring (bicyclic) bond motifs is 1. The highest BCUT2D eigenvalue weighted by molar-refractivity contribution is 5.92. The number of benzene rings is 2. The Morgan fingerprint density at radius 2 is 1.53 bits per heavy atom. The summed E-state index contributed by atoms with van der Waals surface area (Å²) >= 11 is 0. The second-order valence-corrected chi connectivity index (χ2v) is 4.63. The van der Waals surface area contributed by atoms with Gasteiger partial charge in [0.25, 0.3) is 0 Å². The standard InChI is InChI=1S/C17H16/c1-13(14-7-3-2-4-8-14)16-12-11-15-9-5-6-10-17(15)16/h2-10H,11-12H2,1H3/b16-13-. The average molecular weight is 220 g/mol. The van der Waals surface area contributed by atoms with Gasteiger partial charge in [-0.1, -0.05) is 54.6 Å². The van der Waals surface area contributed by atoms with Gasteiger partial charge in [-0.05, 0) is 47.6 Å². The van der Waals surface area contributed by atoms with Crippen LogP contribution in [-0.4, -0.2) is 0 Å². The van der Waals surface area contributed by atoms with E-state index in [9.17, 15) is 0 Å². The van der Waals surface area contributed by atoms with Gasteiger partial charge < -0.3 is 0 Å². The molecule has 0 heterocycles. The number of aryl methyl sites for hydroxylation is 1. The third-order valence-corrected chi connectivity index (χ3v) is 3.65. The molecule has 0 nitrogen and oxygen atoms in total. The Kier molecular flexibility index (Phi) is 2.56. The second kappa shape index (κ2) is 4.21. The predicted octanol–water partition coefficient (Wildman–Crippen LogP) is 4.56. The van der Waals surface area contributed by atoms with Gasteiger partial charge in [-0.2, -0.15) is 0 Å². The molecule has 0 spiro atoms. The number of hydrogen-bond acceptors (Lipinski definition) is 0. The summed E-state index contributed by atoms with van der Waals surface area (Å²) in [4.78, 5) is 0. The van der Waals surface area contributed by atoms with Gasteiger partial charge in [0.15, 0.2) is 0 Å². The summed E-state index contributed by atoms with van der Waals surface area (Å²) in [6.45, 7) is 2.24. The van der Waals surface area contributed by atoms with Crippen LogP contribution in [0.1, 0.15) is 30.0 Å². The van der Waals surface area contributed by atoms with E-state index < -0.39 is 0 Å². The largest absolute Gasteiger partial charge is 0.0622 e. The third-order valence-electron chi connectivity index (χ3n) is 3.65. The van der Waals surface area contributed by atoms with Crippen LogP contribution < -0.4 is 0 Å². The molecule has 0 fully saturated rings. The number of allylic oxidation sites excluding steroid dienone is 2. The zero-order valence-corrected chi connectivity index (χ0v) is 10.1. The van der Waals surface area contributed by atoms with E-state index in [0.717, 1.165) is 0 Å². The summed E-state index contributed by atoms with van der Waals surface area (Å²) in [6.07, 6.45) is 2.37. The van der Waals surface area contributed by atoms with Crippen LogP contribution in [0.15, 0.2) is 54.6 Å². The Morgan fingerprint density at radius 1 is 0.824 bits per heavy atom. The maximum atomic E-state index is 2.25. The van der Waals surface area contributed by atoms with Crippen LogP contribution in [0.3, 0.4) is 0 Å². The van der Waals surface area contributed by atoms with Crippen molar-refractivity contribution in [1.29, 1.82) is 0 Å². The molecule has 2 aromatic rings. The highest BCUT2D eigenvalue weighted by Gasteiger charge is 2.17. The molecule has 1 aliphatic carbocycles. The Balaban J connectivity index is 2.12. The van der Waals surface area contributed by atoms with E-state index in [4.69, 9.17) is 0 Å². The van der Waals surface area contributed by atoms with Crippen LogP contribution in [0, 0.1) is 0 Å². The van der Waals surface area contributed by atoms with E-state index in [1.165, 1.54) is 40.7 Å². The van der Waals surface area contributed by atoms with Gasteiger partial charge in [0.05, 0.1) is 0 Å². The maximum Gasteiger partial charge on any atom is -0.0189 e. The summed E-state index contributed by atoms with van der Waals surface area (Å²) in [5.74, 6) is 0. The number of rotatable bonds is 1. The molecule has 0 saturated carbocycles. The Bertz CT molecular complexity index is 562. The van der Waals surface area contributed by atoms with E-state index in [1.807, 2.05) is 0 Å². The molecule has 0 unspecified atom stereocenters. The summed E-state index contributed by atoms with van der Waals surface area (Å²) in [7, 11) is 0. The van der Waals surface area contributed by atoms with Crippen molar-refractivity contribution in [1.82, 2.24) is 0 Å². The normalized spacial score (nSPS) is 16.8. The van der Waals surface area contributed by atoms with E-state index in [0.29, 0.717) is 0 Å². The van der Waals surface area contributed by atoms with Crippen molar-refractivity contribution >= 4 is 11.1 Å².